The van der Waals surface area contributed by atoms with Crippen LogP contribution in [0.4, 0.5) is 5.82 Å². The Labute approximate surface area is 98.6 Å². The Morgan fingerprint density at radius 1 is 1.56 bits per heavy atom. The molecule has 2 heterocycles. The number of amides is 1. The van der Waals surface area contributed by atoms with Gasteiger partial charge in [0.25, 0.3) is 0 Å². The second-order valence-corrected chi connectivity index (χ2v) is 4.32. The number of halogens is 1. The van der Waals surface area contributed by atoms with E-state index in [0.717, 1.165) is 13.0 Å². The zero-order valence-corrected chi connectivity index (χ0v) is 9.66. The molecule has 5 nitrogen and oxygen atoms in total. The fraction of sp³-hybridized carbons (Fsp3) is 0.500. The van der Waals surface area contributed by atoms with E-state index in [-0.39, 0.29) is 11.9 Å². The highest BCUT2D eigenvalue weighted by atomic mass is 35.5. The Balaban J connectivity index is 1.99. The van der Waals surface area contributed by atoms with Crippen LogP contribution in [0.1, 0.15) is 13.3 Å². The lowest BCUT2D eigenvalue weighted by atomic mass is 10.0. The van der Waals surface area contributed by atoms with Crippen LogP contribution >= 0.6 is 11.6 Å². The van der Waals surface area contributed by atoms with Gasteiger partial charge in [-0.05, 0) is 31.0 Å². The number of aromatic nitrogens is 2. The van der Waals surface area contributed by atoms with Crippen molar-refractivity contribution in [1.82, 2.24) is 15.5 Å². The number of nitrogens with zero attached hydrogens (tertiary/aromatic N) is 2. The average molecular weight is 241 g/mol. The van der Waals surface area contributed by atoms with Crippen molar-refractivity contribution in [1.29, 1.82) is 0 Å². The summed E-state index contributed by atoms with van der Waals surface area (Å²) in [4.78, 5) is 11.8. The van der Waals surface area contributed by atoms with Gasteiger partial charge in [0, 0.05) is 0 Å². The van der Waals surface area contributed by atoms with Gasteiger partial charge in [-0.25, -0.2) is 0 Å². The highest BCUT2D eigenvalue weighted by Crippen LogP contribution is 2.16. The molecule has 1 aromatic rings. The normalized spacial score (nSPS) is 24.4. The van der Waals surface area contributed by atoms with E-state index in [1.165, 1.54) is 0 Å². The molecule has 0 spiro atoms. The third-order valence-corrected chi connectivity index (χ3v) is 2.90. The van der Waals surface area contributed by atoms with Gasteiger partial charge in [-0.3, -0.25) is 4.79 Å². The van der Waals surface area contributed by atoms with E-state index in [4.69, 9.17) is 11.6 Å². The monoisotopic (exact) mass is 240 g/mol. The molecule has 1 fully saturated rings. The number of carbonyl (C=O) groups excluding carboxylic acids is 1. The molecule has 0 aliphatic carbocycles. The largest absolute Gasteiger partial charge is 0.308 e. The first-order chi connectivity index (χ1) is 7.66. The van der Waals surface area contributed by atoms with Crippen molar-refractivity contribution < 1.29 is 4.79 Å². The molecule has 6 heteroatoms. The molecule has 1 aliphatic heterocycles. The van der Waals surface area contributed by atoms with Gasteiger partial charge in [0.15, 0.2) is 11.0 Å². The van der Waals surface area contributed by atoms with Crippen LogP contribution in [0.2, 0.25) is 5.15 Å². The number of hydrogen-bond acceptors (Lipinski definition) is 4. The van der Waals surface area contributed by atoms with Crippen LogP contribution in [0, 0.1) is 5.92 Å². The Morgan fingerprint density at radius 2 is 2.38 bits per heavy atom. The Morgan fingerprint density at radius 3 is 2.94 bits per heavy atom. The molecule has 2 unspecified atom stereocenters. The summed E-state index contributed by atoms with van der Waals surface area (Å²) in [6.07, 6.45) is 1.02. The minimum Gasteiger partial charge on any atom is -0.308 e. The molecule has 0 aromatic carbocycles. The van der Waals surface area contributed by atoms with Gasteiger partial charge in [-0.1, -0.05) is 18.5 Å². The smallest absolute Gasteiger partial charge is 0.242 e. The summed E-state index contributed by atoms with van der Waals surface area (Å²) < 4.78 is 0. The predicted octanol–water partition coefficient (Wildman–Crippen LogP) is 1.07. The minimum absolute atomic E-state index is 0.0679. The van der Waals surface area contributed by atoms with E-state index in [0.29, 0.717) is 16.9 Å². The first-order valence-electron chi connectivity index (χ1n) is 5.20. The Kier molecular flexibility index (Phi) is 3.36. The van der Waals surface area contributed by atoms with Gasteiger partial charge in [0.05, 0.1) is 6.04 Å². The minimum atomic E-state index is -0.141. The molecule has 1 amide bonds. The summed E-state index contributed by atoms with van der Waals surface area (Å²) in [5.41, 5.74) is 0. The Bertz CT molecular complexity index is 381. The third-order valence-electron chi connectivity index (χ3n) is 2.70. The van der Waals surface area contributed by atoms with Crippen LogP contribution in [0.15, 0.2) is 12.1 Å². The second kappa shape index (κ2) is 4.76. The molecular weight excluding hydrogens is 228 g/mol. The highest BCUT2D eigenvalue weighted by molar-refractivity contribution is 6.29. The molecule has 1 saturated heterocycles. The molecule has 1 aromatic heterocycles. The van der Waals surface area contributed by atoms with E-state index in [2.05, 4.69) is 27.8 Å². The molecule has 2 N–H and O–H groups in total. The Hall–Kier alpha value is -1.20. The summed E-state index contributed by atoms with van der Waals surface area (Å²) in [7, 11) is 0. The number of carbonyl (C=O) groups is 1. The van der Waals surface area contributed by atoms with Gasteiger partial charge in [0.2, 0.25) is 5.91 Å². The molecular formula is C10H13ClN4O. The van der Waals surface area contributed by atoms with Gasteiger partial charge in [-0.2, -0.15) is 0 Å². The maximum Gasteiger partial charge on any atom is 0.242 e. The zero-order valence-electron chi connectivity index (χ0n) is 8.90. The molecule has 2 rings (SSSR count). The summed E-state index contributed by atoms with van der Waals surface area (Å²) in [6.45, 7) is 2.93. The molecule has 16 heavy (non-hydrogen) atoms. The fourth-order valence-corrected chi connectivity index (χ4v) is 1.87. The van der Waals surface area contributed by atoms with Crippen molar-refractivity contribution in [2.24, 2.45) is 5.92 Å². The molecule has 1 aliphatic rings. The summed E-state index contributed by atoms with van der Waals surface area (Å²) in [5, 5.41) is 13.6. The summed E-state index contributed by atoms with van der Waals surface area (Å²) in [5.74, 6) is 0.706. The van der Waals surface area contributed by atoms with Crippen LogP contribution in [-0.2, 0) is 4.79 Å². The molecule has 0 saturated carbocycles. The SMILES string of the molecule is CC1CCNC1C(=O)Nc1ccc(Cl)nn1. The first-order valence-corrected chi connectivity index (χ1v) is 5.58. The van der Waals surface area contributed by atoms with Crippen molar-refractivity contribution >= 4 is 23.3 Å². The molecule has 86 valence electrons. The van der Waals surface area contributed by atoms with Crippen molar-refractivity contribution in [3.63, 3.8) is 0 Å². The summed E-state index contributed by atoms with van der Waals surface area (Å²) >= 11 is 5.60. The standard InChI is InChI=1S/C10H13ClN4O/c1-6-4-5-12-9(6)10(16)13-8-3-2-7(11)14-15-8/h2-3,6,9,12H,4-5H2,1H3,(H,13,15,16). The maximum atomic E-state index is 11.8. The number of hydrogen-bond donors (Lipinski definition) is 2. The second-order valence-electron chi connectivity index (χ2n) is 3.93. The average Bonchev–Trinajstić information content (AvgIpc) is 2.68. The van der Waals surface area contributed by atoms with E-state index in [9.17, 15) is 4.79 Å². The van der Waals surface area contributed by atoms with Gasteiger partial charge >= 0.3 is 0 Å². The first kappa shape index (κ1) is 11.3. The van der Waals surface area contributed by atoms with Crippen molar-refractivity contribution in [2.75, 3.05) is 11.9 Å². The molecule has 0 radical (unpaired) electrons. The van der Waals surface area contributed by atoms with Crippen LogP contribution in [0.3, 0.4) is 0 Å². The van der Waals surface area contributed by atoms with Crippen LogP contribution < -0.4 is 10.6 Å². The lowest BCUT2D eigenvalue weighted by Crippen LogP contribution is -2.39. The number of rotatable bonds is 2. The van der Waals surface area contributed by atoms with Crippen molar-refractivity contribution in [3.8, 4) is 0 Å². The summed E-state index contributed by atoms with van der Waals surface area (Å²) in [6, 6.07) is 3.08. The van der Waals surface area contributed by atoms with Crippen LogP contribution in [-0.4, -0.2) is 28.7 Å². The quantitative estimate of drug-likeness (QED) is 0.812. The number of anilines is 1. The van der Waals surface area contributed by atoms with Crippen LogP contribution in [0.5, 0.6) is 0 Å². The molecule has 0 bridgehead atoms. The lowest BCUT2D eigenvalue weighted by molar-refractivity contribution is -0.118. The topological polar surface area (TPSA) is 66.9 Å². The van der Waals surface area contributed by atoms with E-state index >= 15 is 0 Å². The van der Waals surface area contributed by atoms with Gasteiger partial charge < -0.3 is 10.6 Å². The highest BCUT2D eigenvalue weighted by Gasteiger charge is 2.29. The van der Waals surface area contributed by atoms with Gasteiger partial charge in [0.1, 0.15) is 0 Å². The zero-order chi connectivity index (χ0) is 11.5. The van der Waals surface area contributed by atoms with Crippen molar-refractivity contribution in [3.05, 3.63) is 17.3 Å². The maximum absolute atomic E-state index is 11.8. The van der Waals surface area contributed by atoms with E-state index in [1.807, 2.05) is 0 Å². The van der Waals surface area contributed by atoms with Gasteiger partial charge in [-0.15, -0.1) is 10.2 Å². The lowest BCUT2D eigenvalue weighted by Gasteiger charge is -2.14. The predicted molar refractivity (Wildman–Crippen MR) is 61.2 cm³/mol. The van der Waals surface area contributed by atoms with E-state index < -0.39 is 0 Å². The molecule has 2 atom stereocenters. The van der Waals surface area contributed by atoms with Crippen molar-refractivity contribution in [2.45, 2.75) is 19.4 Å². The number of nitrogens with one attached hydrogen (secondary N) is 2. The fourth-order valence-electron chi connectivity index (χ4n) is 1.77. The van der Waals surface area contributed by atoms with E-state index in [1.54, 1.807) is 12.1 Å². The van der Waals surface area contributed by atoms with Crippen LogP contribution in [0.25, 0.3) is 0 Å². The third kappa shape index (κ3) is 2.48.